The number of hydrogen-bond donors (Lipinski definition) is 0. The SMILES string of the molecule is O=CCCCCc1ccc(CCc2ccccc2)cc1. The van der Waals surface area contributed by atoms with Gasteiger partial charge in [0.2, 0.25) is 0 Å². The number of rotatable bonds is 8. The third-order valence-corrected chi connectivity index (χ3v) is 3.61. The number of carbonyl (C=O) groups is 1. The molecule has 0 saturated carbocycles. The highest BCUT2D eigenvalue weighted by Gasteiger charge is 1.97. The quantitative estimate of drug-likeness (QED) is 0.512. The van der Waals surface area contributed by atoms with Crippen molar-refractivity contribution in [2.24, 2.45) is 0 Å². The van der Waals surface area contributed by atoms with E-state index >= 15 is 0 Å². The fourth-order valence-electron chi connectivity index (χ4n) is 2.36. The third kappa shape index (κ3) is 5.00. The lowest BCUT2D eigenvalue weighted by Crippen LogP contribution is -1.92. The van der Waals surface area contributed by atoms with Crippen LogP contribution in [0, 0.1) is 0 Å². The molecule has 0 aliphatic carbocycles. The van der Waals surface area contributed by atoms with E-state index in [1.54, 1.807) is 0 Å². The molecule has 0 aromatic heterocycles. The van der Waals surface area contributed by atoms with Crippen LogP contribution >= 0.6 is 0 Å². The van der Waals surface area contributed by atoms with Gasteiger partial charge in [0, 0.05) is 6.42 Å². The predicted molar refractivity (Wildman–Crippen MR) is 83.9 cm³/mol. The summed E-state index contributed by atoms with van der Waals surface area (Å²) in [5, 5.41) is 0. The fraction of sp³-hybridized carbons (Fsp3) is 0.316. The first-order valence-corrected chi connectivity index (χ1v) is 7.44. The van der Waals surface area contributed by atoms with Crippen LogP contribution in [0.1, 0.15) is 36.0 Å². The van der Waals surface area contributed by atoms with Crippen LogP contribution in [0.25, 0.3) is 0 Å². The van der Waals surface area contributed by atoms with Gasteiger partial charge in [0.25, 0.3) is 0 Å². The Balaban J connectivity index is 1.78. The van der Waals surface area contributed by atoms with Crippen molar-refractivity contribution in [2.75, 3.05) is 0 Å². The molecule has 0 saturated heterocycles. The minimum absolute atomic E-state index is 0.690. The summed E-state index contributed by atoms with van der Waals surface area (Å²) < 4.78 is 0. The van der Waals surface area contributed by atoms with Crippen LogP contribution < -0.4 is 0 Å². The summed E-state index contributed by atoms with van der Waals surface area (Å²) in [5.74, 6) is 0. The van der Waals surface area contributed by atoms with Gasteiger partial charge in [0.05, 0.1) is 0 Å². The highest BCUT2D eigenvalue weighted by molar-refractivity contribution is 5.48. The van der Waals surface area contributed by atoms with Gasteiger partial charge in [0.15, 0.2) is 0 Å². The highest BCUT2D eigenvalue weighted by Crippen LogP contribution is 2.11. The maximum Gasteiger partial charge on any atom is 0.119 e. The van der Waals surface area contributed by atoms with Gasteiger partial charge >= 0.3 is 0 Å². The number of carbonyl (C=O) groups excluding carboxylic acids is 1. The van der Waals surface area contributed by atoms with E-state index in [1.807, 2.05) is 0 Å². The Kier molecular flexibility index (Phi) is 6.04. The second-order valence-electron chi connectivity index (χ2n) is 5.21. The van der Waals surface area contributed by atoms with E-state index in [4.69, 9.17) is 0 Å². The van der Waals surface area contributed by atoms with Gasteiger partial charge in [0.1, 0.15) is 6.29 Å². The number of aryl methyl sites for hydroxylation is 3. The zero-order chi connectivity index (χ0) is 14.0. The average Bonchev–Trinajstić information content (AvgIpc) is 2.52. The molecule has 0 unspecified atom stereocenters. The molecular weight excluding hydrogens is 244 g/mol. The largest absolute Gasteiger partial charge is 0.303 e. The lowest BCUT2D eigenvalue weighted by molar-refractivity contribution is -0.107. The van der Waals surface area contributed by atoms with Crippen molar-refractivity contribution in [2.45, 2.75) is 38.5 Å². The maximum atomic E-state index is 10.2. The molecule has 1 nitrogen and oxygen atoms in total. The first-order chi connectivity index (χ1) is 9.88. The predicted octanol–water partition coefficient (Wildman–Crippen LogP) is 4.38. The van der Waals surface area contributed by atoms with Gasteiger partial charge in [-0.15, -0.1) is 0 Å². The molecule has 0 amide bonds. The molecule has 104 valence electrons. The van der Waals surface area contributed by atoms with Crippen LogP contribution in [0.15, 0.2) is 54.6 Å². The highest BCUT2D eigenvalue weighted by atomic mass is 16.1. The molecule has 0 fully saturated rings. The molecule has 0 heterocycles. The minimum Gasteiger partial charge on any atom is -0.303 e. The third-order valence-electron chi connectivity index (χ3n) is 3.61. The van der Waals surface area contributed by atoms with Crippen molar-refractivity contribution in [1.29, 1.82) is 0 Å². The first-order valence-electron chi connectivity index (χ1n) is 7.44. The smallest absolute Gasteiger partial charge is 0.119 e. The maximum absolute atomic E-state index is 10.2. The Labute approximate surface area is 121 Å². The van der Waals surface area contributed by atoms with Crippen molar-refractivity contribution in [1.82, 2.24) is 0 Å². The van der Waals surface area contributed by atoms with Crippen molar-refractivity contribution < 1.29 is 4.79 Å². The Hall–Kier alpha value is -1.89. The van der Waals surface area contributed by atoms with Crippen LogP contribution in [-0.4, -0.2) is 6.29 Å². The zero-order valence-corrected chi connectivity index (χ0v) is 11.9. The lowest BCUT2D eigenvalue weighted by Gasteiger charge is -2.04. The standard InChI is InChI=1S/C19H22O/c20-16-6-2-5-9-18-11-14-19(15-12-18)13-10-17-7-3-1-4-8-17/h1,3-4,7-8,11-12,14-16H,2,5-6,9-10,13H2. The molecule has 0 aliphatic rings. The number of benzene rings is 2. The molecule has 20 heavy (non-hydrogen) atoms. The Morgan fingerprint density at radius 3 is 1.80 bits per heavy atom. The molecule has 2 rings (SSSR count). The molecule has 0 radical (unpaired) electrons. The van der Waals surface area contributed by atoms with E-state index in [0.29, 0.717) is 6.42 Å². The molecular formula is C19H22O. The zero-order valence-electron chi connectivity index (χ0n) is 11.9. The summed E-state index contributed by atoms with van der Waals surface area (Å²) >= 11 is 0. The Bertz CT molecular complexity index is 499. The van der Waals surface area contributed by atoms with Crippen LogP contribution in [0.2, 0.25) is 0 Å². The second-order valence-corrected chi connectivity index (χ2v) is 5.21. The molecule has 2 aromatic carbocycles. The van der Waals surface area contributed by atoms with E-state index in [1.165, 1.54) is 16.7 Å². The van der Waals surface area contributed by atoms with Gasteiger partial charge in [-0.25, -0.2) is 0 Å². The van der Waals surface area contributed by atoms with Gasteiger partial charge in [-0.1, -0.05) is 54.6 Å². The first kappa shape index (κ1) is 14.5. The molecule has 0 atom stereocenters. The number of hydrogen-bond acceptors (Lipinski definition) is 1. The van der Waals surface area contributed by atoms with E-state index in [0.717, 1.165) is 38.4 Å². The summed E-state index contributed by atoms with van der Waals surface area (Å²) in [6.07, 6.45) is 7.06. The van der Waals surface area contributed by atoms with E-state index in [9.17, 15) is 4.79 Å². The monoisotopic (exact) mass is 266 g/mol. The van der Waals surface area contributed by atoms with Gasteiger partial charge < -0.3 is 4.79 Å². The lowest BCUT2D eigenvalue weighted by atomic mass is 10.0. The van der Waals surface area contributed by atoms with Crippen molar-refractivity contribution in [3.63, 3.8) is 0 Å². The van der Waals surface area contributed by atoms with Crippen LogP contribution in [0.4, 0.5) is 0 Å². The summed E-state index contributed by atoms with van der Waals surface area (Å²) in [6.45, 7) is 0. The summed E-state index contributed by atoms with van der Waals surface area (Å²) in [4.78, 5) is 10.2. The van der Waals surface area contributed by atoms with E-state index < -0.39 is 0 Å². The molecule has 1 heteroatoms. The molecule has 0 bridgehead atoms. The minimum atomic E-state index is 0.690. The van der Waals surface area contributed by atoms with E-state index in [-0.39, 0.29) is 0 Å². The second kappa shape index (κ2) is 8.31. The van der Waals surface area contributed by atoms with Crippen molar-refractivity contribution in [3.05, 3.63) is 71.3 Å². The van der Waals surface area contributed by atoms with E-state index in [2.05, 4.69) is 54.6 Å². The molecule has 0 aliphatic heterocycles. The number of aldehydes is 1. The van der Waals surface area contributed by atoms with Crippen molar-refractivity contribution >= 4 is 6.29 Å². The number of unbranched alkanes of at least 4 members (excludes halogenated alkanes) is 2. The van der Waals surface area contributed by atoms with Crippen LogP contribution in [-0.2, 0) is 24.1 Å². The van der Waals surface area contributed by atoms with Gasteiger partial charge in [-0.2, -0.15) is 0 Å². The van der Waals surface area contributed by atoms with Crippen LogP contribution in [0.3, 0.4) is 0 Å². The normalized spacial score (nSPS) is 10.4. The topological polar surface area (TPSA) is 17.1 Å². The van der Waals surface area contributed by atoms with Gasteiger partial charge in [-0.3, -0.25) is 0 Å². The molecule has 0 spiro atoms. The van der Waals surface area contributed by atoms with Gasteiger partial charge in [-0.05, 0) is 48.8 Å². The average molecular weight is 266 g/mol. The summed E-state index contributed by atoms with van der Waals surface area (Å²) in [5.41, 5.74) is 4.16. The Morgan fingerprint density at radius 2 is 1.20 bits per heavy atom. The summed E-state index contributed by atoms with van der Waals surface area (Å²) in [7, 11) is 0. The molecule has 0 N–H and O–H groups in total. The molecule has 2 aromatic rings. The van der Waals surface area contributed by atoms with Crippen molar-refractivity contribution in [3.8, 4) is 0 Å². The fourth-order valence-corrected chi connectivity index (χ4v) is 2.36. The Morgan fingerprint density at radius 1 is 0.650 bits per heavy atom. The summed E-state index contributed by atoms with van der Waals surface area (Å²) in [6, 6.07) is 19.5. The van der Waals surface area contributed by atoms with Crippen LogP contribution in [0.5, 0.6) is 0 Å².